The van der Waals surface area contributed by atoms with Crippen molar-refractivity contribution in [2.45, 2.75) is 6.10 Å². The zero-order valence-electron chi connectivity index (χ0n) is 8.39. The van der Waals surface area contributed by atoms with Gasteiger partial charge in [-0.05, 0) is 28.1 Å². The van der Waals surface area contributed by atoms with E-state index in [1.165, 1.54) is 0 Å². The summed E-state index contributed by atoms with van der Waals surface area (Å²) in [7, 11) is 0. The lowest BCUT2D eigenvalue weighted by Crippen LogP contribution is -2.01. The Kier molecular flexibility index (Phi) is 3.52. The summed E-state index contributed by atoms with van der Waals surface area (Å²) in [5.41, 5.74) is 0.338. The lowest BCUT2D eigenvalue weighted by Gasteiger charge is -2.08. The Labute approximate surface area is 109 Å². The summed E-state index contributed by atoms with van der Waals surface area (Å²) < 4.78 is 14.1. The number of nitriles is 1. The summed E-state index contributed by atoms with van der Waals surface area (Å²) in [5, 5.41) is 18.6. The fourth-order valence-corrected chi connectivity index (χ4v) is 2.53. The maximum atomic E-state index is 13.5. The first-order valence-corrected chi connectivity index (χ1v) is 6.22. The van der Waals surface area contributed by atoms with Crippen molar-refractivity contribution in [1.29, 1.82) is 5.26 Å². The van der Waals surface area contributed by atoms with Gasteiger partial charge in [0.1, 0.15) is 27.5 Å². The van der Waals surface area contributed by atoms with Gasteiger partial charge in [0, 0.05) is 6.07 Å². The average Bonchev–Trinajstić information content (AvgIpc) is 2.69. The molecule has 86 valence electrons. The van der Waals surface area contributed by atoms with E-state index in [9.17, 15) is 9.50 Å². The van der Waals surface area contributed by atoms with Crippen molar-refractivity contribution in [3.63, 3.8) is 0 Å². The van der Waals surface area contributed by atoms with Crippen LogP contribution in [0.2, 0.25) is 0 Å². The first kappa shape index (κ1) is 12.2. The van der Waals surface area contributed by atoms with Gasteiger partial charge in [-0.15, -0.1) is 11.3 Å². The average molecular weight is 313 g/mol. The van der Waals surface area contributed by atoms with Crippen LogP contribution in [0.5, 0.6) is 0 Å². The zero-order chi connectivity index (χ0) is 12.4. The van der Waals surface area contributed by atoms with Gasteiger partial charge in [-0.2, -0.15) is 5.26 Å². The highest BCUT2D eigenvalue weighted by Crippen LogP contribution is 2.30. The Bertz CT molecular complexity index is 593. The Balaban J connectivity index is 2.40. The van der Waals surface area contributed by atoms with Crippen LogP contribution in [0.3, 0.4) is 0 Å². The molecule has 6 heteroatoms. The van der Waals surface area contributed by atoms with Crippen LogP contribution < -0.4 is 0 Å². The summed E-state index contributed by atoms with van der Waals surface area (Å²) in [6.45, 7) is 0. The molecule has 0 saturated heterocycles. The molecule has 0 amide bonds. The fraction of sp³-hybridized carbons (Fsp3) is 0.0909. The van der Waals surface area contributed by atoms with Gasteiger partial charge in [-0.25, -0.2) is 9.37 Å². The van der Waals surface area contributed by atoms with Crippen LogP contribution >= 0.6 is 27.3 Å². The van der Waals surface area contributed by atoms with Crippen LogP contribution in [0.4, 0.5) is 4.39 Å². The molecule has 1 atom stereocenters. The fourth-order valence-electron chi connectivity index (χ4n) is 1.33. The minimum atomic E-state index is -1.15. The van der Waals surface area contributed by atoms with Crippen molar-refractivity contribution in [3.8, 4) is 6.07 Å². The largest absolute Gasteiger partial charge is 0.381 e. The summed E-state index contributed by atoms with van der Waals surface area (Å²) in [4.78, 5) is 4.38. The summed E-state index contributed by atoms with van der Waals surface area (Å²) in [6.07, 6.45) is -1.15. The van der Waals surface area contributed by atoms with E-state index in [1.54, 1.807) is 18.2 Å². The first-order valence-electron chi connectivity index (χ1n) is 4.61. The second-order valence-corrected chi connectivity index (χ2v) is 5.12. The van der Waals surface area contributed by atoms with E-state index in [4.69, 9.17) is 5.26 Å². The molecule has 0 fully saturated rings. The van der Waals surface area contributed by atoms with E-state index < -0.39 is 11.9 Å². The zero-order valence-corrected chi connectivity index (χ0v) is 10.8. The molecule has 0 radical (unpaired) electrons. The van der Waals surface area contributed by atoms with Crippen molar-refractivity contribution in [3.05, 3.63) is 50.1 Å². The monoisotopic (exact) mass is 312 g/mol. The van der Waals surface area contributed by atoms with E-state index in [0.29, 0.717) is 10.3 Å². The molecular formula is C11H6BrFN2OS. The number of rotatable bonds is 2. The highest BCUT2D eigenvalue weighted by Gasteiger charge is 2.20. The second-order valence-electron chi connectivity index (χ2n) is 3.22. The Morgan fingerprint density at radius 3 is 2.88 bits per heavy atom. The van der Waals surface area contributed by atoms with Crippen molar-refractivity contribution in [2.24, 2.45) is 0 Å². The van der Waals surface area contributed by atoms with Crippen LogP contribution in [0.25, 0.3) is 0 Å². The van der Waals surface area contributed by atoms with Gasteiger partial charge in [-0.1, -0.05) is 6.07 Å². The van der Waals surface area contributed by atoms with Crippen LogP contribution in [0.15, 0.2) is 28.9 Å². The molecule has 3 nitrogen and oxygen atoms in total. The van der Waals surface area contributed by atoms with Crippen molar-refractivity contribution >= 4 is 27.3 Å². The van der Waals surface area contributed by atoms with Gasteiger partial charge in [0.15, 0.2) is 0 Å². The number of aromatic nitrogens is 1. The topological polar surface area (TPSA) is 56.9 Å². The molecule has 2 aromatic rings. The minimum absolute atomic E-state index is 0.104. The molecule has 1 unspecified atom stereocenters. The molecule has 0 aromatic carbocycles. The minimum Gasteiger partial charge on any atom is -0.381 e. The van der Waals surface area contributed by atoms with E-state index >= 15 is 0 Å². The standard InChI is InChI=1S/C11H6BrFN2OS/c12-9-3-1-2-8(15-9)10(16)11-7(13)4-6(5-14)17-11/h1-4,10,16H. The summed E-state index contributed by atoms with van der Waals surface area (Å²) >= 11 is 4.10. The normalized spacial score (nSPS) is 12.1. The maximum Gasteiger partial charge on any atom is 0.141 e. The summed E-state index contributed by atoms with van der Waals surface area (Å²) in [5.74, 6) is -0.583. The quantitative estimate of drug-likeness (QED) is 0.867. The number of aliphatic hydroxyl groups excluding tert-OH is 1. The first-order chi connectivity index (χ1) is 8.11. The van der Waals surface area contributed by atoms with Gasteiger partial charge in [0.25, 0.3) is 0 Å². The Morgan fingerprint density at radius 2 is 2.29 bits per heavy atom. The third kappa shape index (κ3) is 2.52. The van der Waals surface area contributed by atoms with Crippen LogP contribution in [0.1, 0.15) is 21.6 Å². The summed E-state index contributed by atoms with van der Waals surface area (Å²) in [6, 6.07) is 7.96. The van der Waals surface area contributed by atoms with E-state index in [2.05, 4.69) is 20.9 Å². The number of halogens is 2. The molecule has 0 aliphatic heterocycles. The molecule has 0 spiro atoms. The van der Waals surface area contributed by atoms with Crippen LogP contribution in [0, 0.1) is 17.1 Å². The van der Waals surface area contributed by atoms with Crippen LogP contribution in [-0.2, 0) is 0 Å². The van der Waals surface area contributed by atoms with Crippen molar-refractivity contribution < 1.29 is 9.50 Å². The molecule has 2 heterocycles. The maximum absolute atomic E-state index is 13.5. The predicted octanol–water partition coefficient (Wildman–Crippen LogP) is 3.00. The van der Waals surface area contributed by atoms with Gasteiger partial charge in [-0.3, -0.25) is 0 Å². The van der Waals surface area contributed by atoms with Gasteiger partial charge in [0.2, 0.25) is 0 Å². The number of aliphatic hydroxyl groups is 1. The predicted molar refractivity (Wildman–Crippen MR) is 65.0 cm³/mol. The van der Waals surface area contributed by atoms with E-state index in [0.717, 1.165) is 17.4 Å². The number of nitrogens with zero attached hydrogens (tertiary/aromatic N) is 2. The molecule has 0 bridgehead atoms. The number of thiophene rings is 1. The third-order valence-corrected chi connectivity index (χ3v) is 3.60. The van der Waals surface area contributed by atoms with E-state index in [-0.39, 0.29) is 9.75 Å². The molecule has 1 N–H and O–H groups in total. The number of pyridine rings is 1. The highest BCUT2D eigenvalue weighted by atomic mass is 79.9. The molecule has 17 heavy (non-hydrogen) atoms. The smallest absolute Gasteiger partial charge is 0.141 e. The Morgan fingerprint density at radius 1 is 1.53 bits per heavy atom. The van der Waals surface area contributed by atoms with Gasteiger partial charge < -0.3 is 5.11 Å². The molecule has 2 rings (SSSR count). The Hall–Kier alpha value is -1.29. The lowest BCUT2D eigenvalue weighted by atomic mass is 10.2. The third-order valence-electron chi connectivity index (χ3n) is 2.09. The van der Waals surface area contributed by atoms with Gasteiger partial charge >= 0.3 is 0 Å². The van der Waals surface area contributed by atoms with Gasteiger partial charge in [0.05, 0.1) is 10.6 Å². The SMILES string of the molecule is N#Cc1cc(F)c(C(O)c2cccc(Br)n2)s1. The van der Waals surface area contributed by atoms with Crippen LogP contribution in [-0.4, -0.2) is 10.1 Å². The van der Waals surface area contributed by atoms with Crippen molar-refractivity contribution in [2.75, 3.05) is 0 Å². The molecule has 0 aliphatic rings. The molecule has 2 aromatic heterocycles. The molecule has 0 aliphatic carbocycles. The molecule has 0 saturated carbocycles. The second kappa shape index (κ2) is 4.92. The number of hydrogen-bond donors (Lipinski definition) is 1. The highest BCUT2D eigenvalue weighted by molar-refractivity contribution is 9.10. The van der Waals surface area contributed by atoms with E-state index in [1.807, 2.05) is 6.07 Å². The number of hydrogen-bond acceptors (Lipinski definition) is 4. The van der Waals surface area contributed by atoms with Crippen molar-refractivity contribution in [1.82, 2.24) is 4.98 Å². The lowest BCUT2D eigenvalue weighted by molar-refractivity contribution is 0.214. The molecular weight excluding hydrogens is 307 g/mol.